The highest BCUT2D eigenvalue weighted by atomic mass is 35.5. The van der Waals surface area contributed by atoms with Crippen molar-refractivity contribution in [3.63, 3.8) is 0 Å². The summed E-state index contributed by atoms with van der Waals surface area (Å²) < 4.78 is 0. The Hall–Kier alpha value is 0.210. The van der Waals surface area contributed by atoms with Crippen molar-refractivity contribution in [3.8, 4) is 0 Å². The molecule has 3 heteroatoms. The Bertz CT molecular complexity index is 119. The minimum absolute atomic E-state index is 0. The Morgan fingerprint density at radius 1 is 1.45 bits per heavy atom. The quantitative estimate of drug-likeness (QED) is 0.643. The minimum atomic E-state index is 0. The lowest BCUT2D eigenvalue weighted by Gasteiger charge is -2.12. The topological polar surface area (TPSA) is 23.5 Å². The maximum atomic E-state index is 8.89. The highest BCUT2D eigenvalue weighted by Crippen LogP contribution is 2.30. The summed E-state index contributed by atoms with van der Waals surface area (Å²) in [4.78, 5) is 2.53. The fraction of sp³-hybridized carbons (Fsp3) is 1.00. The molecule has 1 N–H and O–H groups in total. The van der Waals surface area contributed by atoms with E-state index in [4.69, 9.17) is 5.11 Å². The molecule has 0 aromatic carbocycles. The molecular weight excluding hydrogens is 162 g/mol. The monoisotopic (exact) mass is 177 g/mol. The molecule has 0 aromatic rings. The van der Waals surface area contributed by atoms with Gasteiger partial charge in [-0.2, -0.15) is 0 Å². The largest absolute Gasteiger partial charge is 0.396 e. The number of halogens is 1. The van der Waals surface area contributed by atoms with Crippen LogP contribution in [0.15, 0.2) is 0 Å². The van der Waals surface area contributed by atoms with Gasteiger partial charge in [0.15, 0.2) is 0 Å². The zero-order valence-corrected chi connectivity index (χ0v) is 7.52. The third-order valence-corrected chi connectivity index (χ3v) is 2.86. The van der Waals surface area contributed by atoms with Crippen molar-refractivity contribution >= 4 is 12.4 Å². The second-order valence-corrected chi connectivity index (χ2v) is 3.58. The average Bonchev–Trinajstić information content (AvgIpc) is 2.42. The van der Waals surface area contributed by atoms with E-state index in [0.717, 1.165) is 12.6 Å². The first-order valence-electron chi connectivity index (χ1n) is 4.25. The van der Waals surface area contributed by atoms with Gasteiger partial charge in [-0.25, -0.2) is 0 Å². The lowest BCUT2D eigenvalue weighted by molar-refractivity contribution is 0.223. The molecule has 0 bridgehead atoms. The summed E-state index contributed by atoms with van der Waals surface area (Å²) in [5, 5.41) is 8.89. The van der Waals surface area contributed by atoms with E-state index in [1.807, 2.05) is 0 Å². The highest BCUT2D eigenvalue weighted by molar-refractivity contribution is 5.85. The lowest BCUT2D eigenvalue weighted by Crippen LogP contribution is -2.22. The predicted molar refractivity (Wildman–Crippen MR) is 47.0 cm³/mol. The summed E-state index contributed by atoms with van der Waals surface area (Å²) in [5.74, 6) is 0.588. The number of hydrogen-bond donors (Lipinski definition) is 1. The van der Waals surface area contributed by atoms with Crippen LogP contribution in [0, 0.1) is 5.92 Å². The van der Waals surface area contributed by atoms with Gasteiger partial charge in [-0.3, -0.25) is 0 Å². The second-order valence-electron chi connectivity index (χ2n) is 3.58. The second kappa shape index (κ2) is 3.74. The molecule has 0 aromatic heterocycles. The van der Waals surface area contributed by atoms with Crippen LogP contribution in [-0.4, -0.2) is 35.7 Å². The molecule has 0 radical (unpaired) electrons. The average molecular weight is 178 g/mol. The maximum absolute atomic E-state index is 8.89. The van der Waals surface area contributed by atoms with Gasteiger partial charge in [-0.1, -0.05) is 0 Å². The first-order chi connectivity index (χ1) is 4.90. The maximum Gasteiger partial charge on any atom is 0.0472 e. The van der Waals surface area contributed by atoms with Gasteiger partial charge in [-0.15, -0.1) is 12.4 Å². The molecule has 2 aliphatic rings. The molecule has 0 aliphatic carbocycles. The summed E-state index contributed by atoms with van der Waals surface area (Å²) in [5.41, 5.74) is 0. The molecule has 0 saturated carbocycles. The zero-order chi connectivity index (χ0) is 6.97. The van der Waals surface area contributed by atoms with Gasteiger partial charge < -0.3 is 10.0 Å². The molecule has 2 unspecified atom stereocenters. The smallest absolute Gasteiger partial charge is 0.0472 e. The molecule has 2 heterocycles. The summed E-state index contributed by atoms with van der Waals surface area (Å²) in [7, 11) is 0. The molecule has 2 saturated heterocycles. The van der Waals surface area contributed by atoms with Crippen LogP contribution in [0.2, 0.25) is 0 Å². The molecular formula is C8H16ClNO. The third kappa shape index (κ3) is 1.68. The van der Waals surface area contributed by atoms with E-state index in [0.29, 0.717) is 12.5 Å². The number of fused-ring (bicyclic) bond motifs is 1. The van der Waals surface area contributed by atoms with E-state index in [1.54, 1.807) is 0 Å². The van der Waals surface area contributed by atoms with Gasteiger partial charge in [-0.05, 0) is 31.7 Å². The van der Waals surface area contributed by atoms with Crippen LogP contribution in [-0.2, 0) is 0 Å². The van der Waals surface area contributed by atoms with E-state index in [2.05, 4.69) is 4.90 Å². The number of nitrogens with zero attached hydrogens (tertiary/aromatic N) is 1. The fourth-order valence-electron chi connectivity index (χ4n) is 2.33. The van der Waals surface area contributed by atoms with Crippen LogP contribution in [0.5, 0.6) is 0 Å². The Labute approximate surface area is 74.0 Å². The van der Waals surface area contributed by atoms with Crippen molar-refractivity contribution in [1.29, 1.82) is 0 Å². The van der Waals surface area contributed by atoms with Crippen molar-refractivity contribution in [2.24, 2.45) is 5.92 Å². The predicted octanol–water partition coefficient (Wildman–Crippen LogP) is 0.885. The van der Waals surface area contributed by atoms with Crippen LogP contribution >= 0.6 is 12.4 Å². The summed E-state index contributed by atoms with van der Waals surface area (Å²) in [6.07, 6.45) is 4.00. The zero-order valence-electron chi connectivity index (χ0n) is 6.70. The van der Waals surface area contributed by atoms with Crippen molar-refractivity contribution in [1.82, 2.24) is 4.90 Å². The highest BCUT2D eigenvalue weighted by Gasteiger charge is 2.34. The molecule has 11 heavy (non-hydrogen) atoms. The van der Waals surface area contributed by atoms with Crippen LogP contribution in [0.1, 0.15) is 19.3 Å². The van der Waals surface area contributed by atoms with Crippen LogP contribution in [0.25, 0.3) is 0 Å². The Kier molecular flexibility index (Phi) is 3.16. The van der Waals surface area contributed by atoms with E-state index < -0.39 is 0 Å². The number of hydrogen-bond acceptors (Lipinski definition) is 2. The molecule has 66 valence electrons. The van der Waals surface area contributed by atoms with E-state index in [1.165, 1.54) is 25.8 Å². The Morgan fingerprint density at radius 3 is 2.91 bits per heavy atom. The third-order valence-electron chi connectivity index (χ3n) is 2.86. The first kappa shape index (κ1) is 9.30. The van der Waals surface area contributed by atoms with Gasteiger partial charge in [0.2, 0.25) is 0 Å². The first-order valence-corrected chi connectivity index (χ1v) is 4.25. The van der Waals surface area contributed by atoms with Gasteiger partial charge in [0.05, 0.1) is 0 Å². The minimum Gasteiger partial charge on any atom is -0.396 e. The summed E-state index contributed by atoms with van der Waals surface area (Å²) >= 11 is 0. The summed E-state index contributed by atoms with van der Waals surface area (Å²) in [6.45, 7) is 2.83. The summed E-state index contributed by atoms with van der Waals surface area (Å²) in [6, 6.07) is 0.831. The SMILES string of the molecule is Cl.OCC1CC2CCCN2C1. The standard InChI is InChI=1S/C8H15NO.ClH/c10-6-7-4-8-2-1-3-9(8)5-7;/h7-8,10H,1-6H2;1H. The van der Waals surface area contributed by atoms with Crippen LogP contribution < -0.4 is 0 Å². The van der Waals surface area contributed by atoms with Crippen LogP contribution in [0.4, 0.5) is 0 Å². The molecule has 2 aliphatic heterocycles. The van der Waals surface area contributed by atoms with E-state index >= 15 is 0 Å². The van der Waals surface area contributed by atoms with Gasteiger partial charge in [0, 0.05) is 19.2 Å². The van der Waals surface area contributed by atoms with Gasteiger partial charge in [0.25, 0.3) is 0 Å². The number of aliphatic hydroxyl groups is 1. The van der Waals surface area contributed by atoms with Crippen molar-refractivity contribution < 1.29 is 5.11 Å². The fourth-order valence-corrected chi connectivity index (χ4v) is 2.33. The molecule has 2 atom stereocenters. The number of aliphatic hydroxyl groups excluding tert-OH is 1. The van der Waals surface area contributed by atoms with Crippen molar-refractivity contribution in [2.75, 3.05) is 19.7 Å². The van der Waals surface area contributed by atoms with Crippen molar-refractivity contribution in [3.05, 3.63) is 0 Å². The number of rotatable bonds is 1. The van der Waals surface area contributed by atoms with Crippen LogP contribution in [0.3, 0.4) is 0 Å². The van der Waals surface area contributed by atoms with Gasteiger partial charge >= 0.3 is 0 Å². The van der Waals surface area contributed by atoms with Crippen molar-refractivity contribution in [2.45, 2.75) is 25.3 Å². The lowest BCUT2D eigenvalue weighted by atomic mass is 10.0. The molecule has 2 rings (SSSR count). The van der Waals surface area contributed by atoms with E-state index in [9.17, 15) is 0 Å². The molecule has 0 amide bonds. The molecule has 2 fully saturated rings. The molecule has 0 spiro atoms. The van der Waals surface area contributed by atoms with E-state index in [-0.39, 0.29) is 12.4 Å². The molecule has 2 nitrogen and oxygen atoms in total. The Balaban J connectivity index is 0.000000605. The normalized spacial score (nSPS) is 36.8. The van der Waals surface area contributed by atoms with Gasteiger partial charge in [0.1, 0.15) is 0 Å². The Morgan fingerprint density at radius 2 is 2.27 bits per heavy atom.